The van der Waals surface area contributed by atoms with E-state index in [-0.39, 0.29) is 17.5 Å². The maximum Gasteiger partial charge on any atom is 0.340 e. The van der Waals surface area contributed by atoms with Crippen LogP contribution >= 0.6 is 0 Å². The quantitative estimate of drug-likeness (QED) is 0.787. The Kier molecular flexibility index (Phi) is 3.18. The van der Waals surface area contributed by atoms with Crippen molar-refractivity contribution in [3.63, 3.8) is 0 Å². The Morgan fingerprint density at radius 2 is 2.17 bits per heavy atom. The molecule has 1 heterocycles. The van der Waals surface area contributed by atoms with Crippen molar-refractivity contribution in [2.24, 2.45) is 0 Å². The number of carbonyl (C=O) groups is 2. The molecule has 0 fully saturated rings. The summed E-state index contributed by atoms with van der Waals surface area (Å²) in [5.41, 5.74) is 0.645. The summed E-state index contributed by atoms with van der Waals surface area (Å²) in [5.74, 6) is -1.66. The first kappa shape index (κ1) is 12.3. The lowest BCUT2D eigenvalue weighted by Crippen LogP contribution is -2.38. The average molecular weight is 252 g/mol. The van der Waals surface area contributed by atoms with E-state index in [1.54, 1.807) is 0 Å². The van der Waals surface area contributed by atoms with Gasteiger partial charge in [-0.15, -0.1) is 0 Å². The first-order valence-electron chi connectivity index (χ1n) is 5.56. The summed E-state index contributed by atoms with van der Waals surface area (Å²) < 4.78 is 18.2. The Morgan fingerprint density at radius 1 is 1.44 bits per heavy atom. The molecule has 1 amide bonds. The molecule has 1 atom stereocenters. The number of hydrogen-bond donors (Lipinski definition) is 2. The van der Waals surface area contributed by atoms with Crippen LogP contribution < -0.4 is 10.6 Å². The summed E-state index contributed by atoms with van der Waals surface area (Å²) in [5, 5.41) is 5.55. The molecule has 0 saturated carbocycles. The molecule has 1 aromatic rings. The largest absolute Gasteiger partial charge is 0.465 e. The number of benzene rings is 1. The van der Waals surface area contributed by atoms with E-state index >= 15 is 0 Å². The van der Waals surface area contributed by atoms with Gasteiger partial charge in [0.15, 0.2) is 0 Å². The summed E-state index contributed by atoms with van der Waals surface area (Å²) in [7, 11) is 1.17. The molecule has 2 N–H and O–H groups in total. The Morgan fingerprint density at radius 3 is 2.78 bits per heavy atom. The predicted molar refractivity (Wildman–Crippen MR) is 64.1 cm³/mol. The van der Waals surface area contributed by atoms with Crippen LogP contribution in [0.25, 0.3) is 0 Å². The lowest BCUT2D eigenvalue weighted by molar-refractivity contribution is -0.117. The number of halogens is 1. The molecule has 5 nitrogen and oxygen atoms in total. The van der Waals surface area contributed by atoms with Gasteiger partial charge in [0.1, 0.15) is 11.9 Å². The molecular weight excluding hydrogens is 239 g/mol. The van der Waals surface area contributed by atoms with Gasteiger partial charge in [-0.2, -0.15) is 0 Å². The van der Waals surface area contributed by atoms with Crippen molar-refractivity contribution in [3.8, 4) is 0 Å². The zero-order chi connectivity index (χ0) is 13.3. The van der Waals surface area contributed by atoms with Crippen LogP contribution in [-0.2, 0) is 9.53 Å². The normalized spacial score (nSPS) is 17.5. The van der Waals surface area contributed by atoms with E-state index in [4.69, 9.17) is 0 Å². The van der Waals surface area contributed by atoms with Gasteiger partial charge in [0.05, 0.1) is 24.0 Å². The summed E-state index contributed by atoms with van der Waals surface area (Å²) in [6.45, 7) is 1.85. The number of rotatable bonds is 2. The van der Waals surface area contributed by atoms with Gasteiger partial charge in [-0.1, -0.05) is 6.92 Å². The van der Waals surface area contributed by atoms with Crippen molar-refractivity contribution in [2.45, 2.75) is 19.4 Å². The highest BCUT2D eigenvalue weighted by molar-refractivity contribution is 6.04. The van der Waals surface area contributed by atoms with E-state index in [2.05, 4.69) is 15.4 Å². The predicted octanol–water partition coefficient (Wildman–Crippen LogP) is 1.75. The van der Waals surface area contributed by atoms with Gasteiger partial charge in [0.2, 0.25) is 5.91 Å². The number of anilines is 2. The van der Waals surface area contributed by atoms with E-state index in [0.717, 1.165) is 0 Å². The fourth-order valence-corrected chi connectivity index (χ4v) is 1.82. The van der Waals surface area contributed by atoms with Crippen molar-refractivity contribution in [1.29, 1.82) is 0 Å². The molecule has 96 valence electrons. The van der Waals surface area contributed by atoms with Gasteiger partial charge >= 0.3 is 5.97 Å². The van der Waals surface area contributed by atoms with Crippen LogP contribution in [0.15, 0.2) is 12.1 Å². The van der Waals surface area contributed by atoms with Crippen LogP contribution in [0.2, 0.25) is 0 Å². The molecule has 2 rings (SSSR count). The second-order valence-electron chi connectivity index (χ2n) is 3.96. The minimum absolute atomic E-state index is 0.201. The zero-order valence-corrected chi connectivity index (χ0v) is 10.0. The van der Waals surface area contributed by atoms with Crippen LogP contribution in [0.5, 0.6) is 0 Å². The highest BCUT2D eigenvalue weighted by Gasteiger charge is 2.26. The Balaban J connectivity index is 2.42. The third-order valence-corrected chi connectivity index (χ3v) is 2.82. The molecule has 0 aromatic heterocycles. The van der Waals surface area contributed by atoms with Gasteiger partial charge in [0, 0.05) is 6.07 Å². The van der Waals surface area contributed by atoms with Crippen molar-refractivity contribution >= 4 is 23.3 Å². The summed E-state index contributed by atoms with van der Waals surface area (Å²) >= 11 is 0. The number of ether oxygens (including phenoxy) is 1. The lowest BCUT2D eigenvalue weighted by Gasteiger charge is -2.26. The SMILES string of the molecule is CCC1Nc2cc(F)c(C(=O)OC)cc2NC1=O. The second-order valence-corrected chi connectivity index (χ2v) is 3.96. The van der Waals surface area contributed by atoms with Crippen molar-refractivity contribution in [2.75, 3.05) is 17.7 Å². The van der Waals surface area contributed by atoms with Gasteiger partial charge < -0.3 is 15.4 Å². The minimum atomic E-state index is -0.776. The van der Waals surface area contributed by atoms with Gasteiger partial charge in [-0.3, -0.25) is 4.79 Å². The van der Waals surface area contributed by atoms with E-state index in [0.29, 0.717) is 17.8 Å². The molecule has 1 unspecified atom stereocenters. The third kappa shape index (κ3) is 2.01. The maximum atomic E-state index is 13.7. The number of fused-ring (bicyclic) bond motifs is 1. The van der Waals surface area contributed by atoms with Crippen molar-refractivity contribution in [3.05, 3.63) is 23.5 Å². The van der Waals surface area contributed by atoms with Gasteiger partial charge in [-0.25, -0.2) is 9.18 Å². The van der Waals surface area contributed by atoms with Crippen LogP contribution in [0.4, 0.5) is 15.8 Å². The topological polar surface area (TPSA) is 67.4 Å². The molecular formula is C12H13FN2O3. The Labute approximate surface area is 103 Å². The maximum absolute atomic E-state index is 13.7. The Bertz CT molecular complexity index is 516. The molecule has 1 aromatic carbocycles. The second kappa shape index (κ2) is 4.64. The molecule has 0 spiro atoms. The van der Waals surface area contributed by atoms with E-state index < -0.39 is 11.8 Å². The minimum Gasteiger partial charge on any atom is -0.465 e. The van der Waals surface area contributed by atoms with Crippen LogP contribution in [0, 0.1) is 5.82 Å². The van der Waals surface area contributed by atoms with E-state index in [1.807, 2.05) is 6.92 Å². The average Bonchev–Trinajstić information content (AvgIpc) is 2.37. The standard InChI is InChI=1S/C12H13FN2O3/c1-3-8-11(16)15-9-4-6(12(17)18-2)7(13)5-10(9)14-8/h4-5,8,14H,3H2,1-2H3,(H,15,16). The number of hydrogen-bond acceptors (Lipinski definition) is 4. The third-order valence-electron chi connectivity index (χ3n) is 2.82. The fourth-order valence-electron chi connectivity index (χ4n) is 1.82. The van der Waals surface area contributed by atoms with Gasteiger partial charge in [0.25, 0.3) is 0 Å². The highest BCUT2D eigenvalue weighted by atomic mass is 19.1. The fraction of sp³-hybridized carbons (Fsp3) is 0.333. The zero-order valence-electron chi connectivity index (χ0n) is 10.0. The number of methoxy groups -OCH3 is 1. The monoisotopic (exact) mass is 252 g/mol. The molecule has 0 bridgehead atoms. The Hall–Kier alpha value is -2.11. The van der Waals surface area contributed by atoms with E-state index in [9.17, 15) is 14.0 Å². The van der Waals surface area contributed by atoms with Gasteiger partial charge in [-0.05, 0) is 12.5 Å². The smallest absolute Gasteiger partial charge is 0.340 e. The molecule has 1 aliphatic rings. The summed E-state index contributed by atoms with van der Waals surface area (Å²) in [4.78, 5) is 23.0. The molecule has 0 aliphatic carbocycles. The number of esters is 1. The molecule has 0 radical (unpaired) electrons. The molecule has 6 heteroatoms. The molecule has 18 heavy (non-hydrogen) atoms. The first-order valence-corrected chi connectivity index (χ1v) is 5.56. The van der Waals surface area contributed by atoms with Crippen molar-refractivity contribution < 1.29 is 18.7 Å². The number of nitrogens with one attached hydrogen (secondary N) is 2. The molecule has 1 aliphatic heterocycles. The lowest BCUT2D eigenvalue weighted by atomic mass is 10.1. The van der Waals surface area contributed by atoms with Crippen LogP contribution in [0.3, 0.4) is 0 Å². The highest BCUT2D eigenvalue weighted by Crippen LogP contribution is 2.30. The van der Waals surface area contributed by atoms with Crippen LogP contribution in [-0.4, -0.2) is 25.0 Å². The summed E-state index contributed by atoms with van der Waals surface area (Å²) in [6.07, 6.45) is 0.589. The number of carbonyl (C=O) groups excluding carboxylic acids is 2. The first-order chi connectivity index (χ1) is 8.56. The molecule has 0 saturated heterocycles. The van der Waals surface area contributed by atoms with Crippen molar-refractivity contribution in [1.82, 2.24) is 0 Å². The number of amides is 1. The summed E-state index contributed by atoms with van der Waals surface area (Å²) in [6, 6.07) is 2.07. The van der Waals surface area contributed by atoms with Crippen LogP contribution in [0.1, 0.15) is 23.7 Å². The van der Waals surface area contributed by atoms with E-state index in [1.165, 1.54) is 19.2 Å².